The van der Waals surface area contributed by atoms with E-state index < -0.39 is 132 Å². The van der Waals surface area contributed by atoms with Gasteiger partial charge < -0.3 is 75.2 Å². The third kappa shape index (κ3) is 24.0. The minimum atomic E-state index is -5.48. The van der Waals surface area contributed by atoms with E-state index in [0.29, 0.717) is 12.8 Å². The minimum absolute atomic E-state index is 0.00722. The molecule has 2 rings (SSSR count). The van der Waals surface area contributed by atoms with E-state index >= 15 is 0 Å². The Morgan fingerprint density at radius 2 is 1.04 bits per heavy atom. The Kier molecular flexibility index (Phi) is 32.2. The number of ether oxygens (including phenoxy) is 5. The summed E-state index contributed by atoms with van der Waals surface area (Å²) in [5, 5.41) is 83.2. The lowest BCUT2D eigenvalue weighted by Crippen LogP contribution is -2.70. The summed E-state index contributed by atoms with van der Waals surface area (Å²) in [7, 11) is -5.48. The Bertz CT molecular complexity index is 1410. The van der Waals surface area contributed by atoms with Crippen molar-refractivity contribution in [3.8, 4) is 0 Å². The van der Waals surface area contributed by atoms with Crippen molar-refractivity contribution >= 4 is 25.7 Å². The highest BCUT2D eigenvalue weighted by Gasteiger charge is 2.56. The zero-order chi connectivity index (χ0) is 50.5. The summed E-state index contributed by atoms with van der Waals surface area (Å²) < 4.78 is 51.9. The molecule has 7 unspecified atom stereocenters. The fourth-order valence-corrected chi connectivity index (χ4v) is 9.08. The Labute approximate surface area is 401 Å². The number of esters is 2. The first-order valence-electron chi connectivity index (χ1n) is 25.2. The second-order valence-corrected chi connectivity index (χ2v) is 19.7. The van der Waals surface area contributed by atoms with E-state index in [1.54, 1.807) is 0 Å². The molecule has 1 aliphatic carbocycles. The number of aliphatic carboxylic acids is 1. The van der Waals surface area contributed by atoms with E-state index in [4.69, 9.17) is 32.7 Å². The van der Waals surface area contributed by atoms with Gasteiger partial charge in [0, 0.05) is 12.8 Å². The first-order valence-corrected chi connectivity index (χ1v) is 26.7. The van der Waals surface area contributed by atoms with Gasteiger partial charge >= 0.3 is 25.7 Å². The number of carboxylic acids is 1. The molecule has 1 heterocycles. The van der Waals surface area contributed by atoms with Crippen LogP contribution in [0.3, 0.4) is 0 Å². The molecule has 22 heteroatoms. The zero-order valence-electron chi connectivity index (χ0n) is 40.5. The average molecular weight is 1010 g/mol. The molecule has 0 bridgehead atoms. The molecule has 0 aromatic carbocycles. The fourth-order valence-electron chi connectivity index (χ4n) is 8.12. The van der Waals surface area contributed by atoms with Crippen LogP contribution in [0.4, 0.5) is 0 Å². The smallest absolute Gasteiger partial charge is 0.472 e. The number of carboxylic acid groups (broad SMARTS) is 1. The summed E-state index contributed by atoms with van der Waals surface area (Å²) in [5.74, 6) is -2.71. The number of aliphatic hydroxyl groups is 7. The Hall–Kier alpha value is -1.92. The molecule has 0 aromatic rings. The van der Waals surface area contributed by atoms with E-state index in [2.05, 4.69) is 19.6 Å². The van der Waals surface area contributed by atoms with Crippen molar-refractivity contribution < 1.29 is 103 Å². The molecule has 0 aromatic heterocycles. The molecule has 0 amide bonds. The van der Waals surface area contributed by atoms with Gasteiger partial charge in [-0.1, -0.05) is 142 Å². The molecule has 68 heavy (non-hydrogen) atoms. The molecule has 12 N–H and O–H groups in total. The van der Waals surface area contributed by atoms with Crippen LogP contribution >= 0.6 is 7.82 Å². The lowest BCUT2D eigenvalue weighted by atomic mass is 9.84. The standard InChI is InChI=1S/C46H86NO20P/c1-3-5-7-9-11-13-15-17-19-21-23-25-34(49)61-28-31(64-35(50)26-24-22-20-18-16-14-12-10-8-6-4-2)29-63-68(59,60)67-44-42(62-30-32(47)45(57)58)39(54)38(53)40(55)43(44)66-46-41(56)37(52)36(51)33(27-48)65-46/h31-33,36-44,46,48,51-56H,3-30,47H2,1-2H3,(H,57,58)(H,59,60)/p+1/t31-,32-,33?,36-,37?,38+,39+,40?,41?,42?,43-,44?,46-/m0/s1. The van der Waals surface area contributed by atoms with Crippen LogP contribution in [0.25, 0.3) is 0 Å². The first-order chi connectivity index (χ1) is 32.5. The summed E-state index contributed by atoms with van der Waals surface area (Å²) in [4.78, 5) is 48.5. The van der Waals surface area contributed by atoms with Crippen molar-refractivity contribution in [1.82, 2.24) is 0 Å². The predicted molar refractivity (Wildman–Crippen MR) is 244 cm³/mol. The molecule has 21 nitrogen and oxygen atoms in total. The van der Waals surface area contributed by atoms with Crippen LogP contribution < -0.4 is 5.73 Å². The molecule has 0 radical (unpaired) electrons. The highest BCUT2D eigenvalue weighted by molar-refractivity contribution is 7.47. The van der Waals surface area contributed by atoms with Gasteiger partial charge in [0.1, 0.15) is 74.3 Å². The van der Waals surface area contributed by atoms with Crippen LogP contribution in [0.5, 0.6) is 0 Å². The van der Waals surface area contributed by atoms with Gasteiger partial charge in [-0.15, -0.1) is 0 Å². The van der Waals surface area contributed by atoms with E-state index in [1.807, 2.05) is 0 Å². The fraction of sp³-hybridized carbons (Fsp3) is 0.935. The molecule has 14 atom stereocenters. The number of carbonyl (C=O) groups excluding carboxylic acids is 2. The number of quaternary nitrogens is 1. The number of phosphoric acid groups is 1. The van der Waals surface area contributed by atoms with Crippen LogP contribution in [-0.2, 0) is 51.7 Å². The van der Waals surface area contributed by atoms with Crippen molar-refractivity contribution in [2.75, 3.05) is 26.4 Å². The maximum Gasteiger partial charge on any atom is 0.472 e. The van der Waals surface area contributed by atoms with Gasteiger partial charge in [-0.05, 0) is 12.8 Å². The molecular weight excluding hydrogens is 917 g/mol. The van der Waals surface area contributed by atoms with Crippen LogP contribution in [0.15, 0.2) is 0 Å². The topological polar surface area (TPSA) is 343 Å². The van der Waals surface area contributed by atoms with Crippen LogP contribution in [-0.4, -0.2) is 170 Å². The Balaban J connectivity index is 2.16. The lowest BCUT2D eigenvalue weighted by molar-refractivity contribution is -0.418. The second-order valence-electron chi connectivity index (χ2n) is 18.3. The molecule has 2 aliphatic rings. The van der Waals surface area contributed by atoms with Gasteiger partial charge in [0.15, 0.2) is 12.4 Å². The van der Waals surface area contributed by atoms with Crippen molar-refractivity contribution in [3.63, 3.8) is 0 Å². The number of aliphatic hydroxyl groups excluding tert-OH is 7. The van der Waals surface area contributed by atoms with E-state index in [9.17, 15) is 64.7 Å². The maximum absolute atomic E-state index is 13.7. The number of phosphoric ester groups is 1. The van der Waals surface area contributed by atoms with Crippen molar-refractivity contribution in [3.05, 3.63) is 0 Å². The van der Waals surface area contributed by atoms with E-state index in [-0.39, 0.29) is 12.8 Å². The normalized spacial score (nSPS) is 28.1. The number of hydrogen-bond acceptors (Lipinski definition) is 18. The molecule has 2 fully saturated rings. The lowest BCUT2D eigenvalue weighted by Gasteiger charge is -2.48. The summed E-state index contributed by atoms with van der Waals surface area (Å²) in [5.41, 5.74) is 3.41. The van der Waals surface area contributed by atoms with E-state index in [1.165, 1.54) is 70.6 Å². The van der Waals surface area contributed by atoms with Gasteiger partial charge in [0.25, 0.3) is 0 Å². The quantitative estimate of drug-likeness (QED) is 0.0240. The summed E-state index contributed by atoms with van der Waals surface area (Å²) in [6, 6.07) is -1.48. The van der Waals surface area contributed by atoms with Crippen molar-refractivity contribution in [2.24, 2.45) is 0 Å². The SMILES string of the molecule is CCCCCCCCCCCCCC(=O)OC[C@@H](COP(=O)(O)OC1C(OC[C@H]([NH3+])C(=O)O)[C@H](O)[C@@H](O)C(O)[C@@H]1O[C@@H]1OC(CO)[C@H](O)C(O)C1O)OC(=O)CCCCCCCCCCCCC. The maximum atomic E-state index is 13.7. The minimum Gasteiger partial charge on any atom is -0.477 e. The largest absolute Gasteiger partial charge is 0.477 e. The Morgan fingerprint density at radius 1 is 0.588 bits per heavy atom. The van der Waals surface area contributed by atoms with Gasteiger partial charge in [-0.25, -0.2) is 9.36 Å². The highest BCUT2D eigenvalue weighted by Crippen LogP contribution is 2.48. The monoisotopic (exact) mass is 1000 g/mol. The average Bonchev–Trinajstić information content (AvgIpc) is 3.30. The molecule has 1 saturated carbocycles. The summed E-state index contributed by atoms with van der Waals surface area (Å²) in [6.07, 6.45) is 0.0395. The Morgan fingerprint density at radius 3 is 1.53 bits per heavy atom. The zero-order valence-corrected chi connectivity index (χ0v) is 41.4. The third-order valence-electron chi connectivity index (χ3n) is 12.4. The summed E-state index contributed by atoms with van der Waals surface area (Å²) in [6.45, 7) is 1.28. The number of rotatable bonds is 39. The third-order valence-corrected chi connectivity index (χ3v) is 13.4. The number of unbranched alkanes of at least 4 members (excludes halogenated alkanes) is 20. The molecule has 0 spiro atoms. The summed E-state index contributed by atoms with van der Waals surface area (Å²) >= 11 is 0. The predicted octanol–water partition coefficient (Wildman–Crippen LogP) is 2.71. The van der Waals surface area contributed by atoms with Crippen LogP contribution in [0, 0.1) is 0 Å². The van der Waals surface area contributed by atoms with E-state index in [0.717, 1.165) is 57.8 Å². The van der Waals surface area contributed by atoms with Crippen molar-refractivity contribution in [2.45, 2.75) is 247 Å². The van der Waals surface area contributed by atoms with Gasteiger partial charge in [-0.3, -0.25) is 18.6 Å². The van der Waals surface area contributed by atoms with Gasteiger partial charge in [0.2, 0.25) is 6.04 Å². The second kappa shape index (κ2) is 35.2. The number of carbonyl (C=O) groups is 3. The number of hydrogen-bond donors (Lipinski definition) is 10. The highest BCUT2D eigenvalue weighted by atomic mass is 31.2. The first kappa shape index (κ1) is 62.2. The molecule has 400 valence electrons. The van der Waals surface area contributed by atoms with Crippen molar-refractivity contribution in [1.29, 1.82) is 0 Å². The molecular formula is C46H87NO20P+. The van der Waals surface area contributed by atoms with Crippen LogP contribution in [0.2, 0.25) is 0 Å². The molecule has 1 aliphatic heterocycles. The van der Waals surface area contributed by atoms with Gasteiger partial charge in [0.05, 0.1) is 13.2 Å². The van der Waals surface area contributed by atoms with Crippen LogP contribution in [0.1, 0.15) is 168 Å². The van der Waals surface area contributed by atoms with Gasteiger partial charge in [-0.2, -0.15) is 0 Å². The molecule has 1 saturated heterocycles.